The molecule has 1 aromatic carbocycles. The molecule has 4 heteroatoms. The van der Waals surface area contributed by atoms with Gasteiger partial charge in [0.1, 0.15) is 5.75 Å². The monoisotopic (exact) mass is 264 g/mol. The van der Waals surface area contributed by atoms with Crippen molar-refractivity contribution in [1.82, 2.24) is 5.32 Å². The highest BCUT2D eigenvalue weighted by atomic mass is 16.5. The second-order valence-corrected chi connectivity index (χ2v) is 4.66. The lowest BCUT2D eigenvalue weighted by atomic mass is 10.0. The molecule has 0 aromatic heterocycles. The van der Waals surface area contributed by atoms with Gasteiger partial charge >= 0.3 is 0 Å². The van der Waals surface area contributed by atoms with E-state index >= 15 is 0 Å². The van der Waals surface area contributed by atoms with Crippen molar-refractivity contribution in [2.75, 3.05) is 13.2 Å². The Kier molecular flexibility index (Phi) is 6.97. The Morgan fingerprint density at radius 3 is 2.58 bits per heavy atom. The molecule has 0 aliphatic carbocycles. The van der Waals surface area contributed by atoms with Gasteiger partial charge in [0.25, 0.3) is 5.91 Å². The second kappa shape index (κ2) is 8.53. The van der Waals surface area contributed by atoms with Gasteiger partial charge in [-0.25, -0.2) is 0 Å². The van der Waals surface area contributed by atoms with Gasteiger partial charge in [-0.15, -0.1) is 0 Å². The third-order valence-electron chi connectivity index (χ3n) is 2.89. The zero-order valence-corrected chi connectivity index (χ0v) is 11.8. The minimum atomic E-state index is -0.0843. The molecule has 0 heterocycles. The Bertz CT molecular complexity index is 376. The number of nitrogens with two attached hydrogens (primary N) is 1. The zero-order valence-electron chi connectivity index (χ0n) is 11.8. The lowest BCUT2D eigenvalue weighted by Crippen LogP contribution is -2.29. The van der Waals surface area contributed by atoms with Crippen molar-refractivity contribution >= 4 is 5.91 Å². The minimum absolute atomic E-state index is 0.0633. The van der Waals surface area contributed by atoms with Crippen LogP contribution in [-0.2, 0) is 11.2 Å². The summed E-state index contributed by atoms with van der Waals surface area (Å²) in [6.45, 7) is 4.85. The second-order valence-electron chi connectivity index (χ2n) is 4.66. The normalized spacial score (nSPS) is 11.9. The standard InChI is InChI=1S/C15H24N2O2/c1-3-9-17-15(18)11-19-14-7-5-12(6-8-14)10-13(16)4-2/h5-8,13H,3-4,9-11,16H2,1-2H3,(H,17,18). The van der Waals surface area contributed by atoms with E-state index in [0.717, 1.165) is 19.3 Å². The minimum Gasteiger partial charge on any atom is -0.484 e. The van der Waals surface area contributed by atoms with Crippen molar-refractivity contribution in [3.8, 4) is 5.75 Å². The molecule has 0 bridgehead atoms. The Morgan fingerprint density at radius 2 is 2.00 bits per heavy atom. The summed E-state index contributed by atoms with van der Waals surface area (Å²) in [5, 5.41) is 2.77. The predicted molar refractivity (Wildman–Crippen MR) is 77.2 cm³/mol. The average Bonchev–Trinajstić information content (AvgIpc) is 2.44. The Hall–Kier alpha value is -1.55. The molecule has 1 rings (SSSR count). The van der Waals surface area contributed by atoms with E-state index in [2.05, 4.69) is 12.2 Å². The first-order chi connectivity index (χ1) is 9.15. The Balaban J connectivity index is 2.37. The van der Waals surface area contributed by atoms with Gasteiger partial charge in [0.15, 0.2) is 6.61 Å². The highest BCUT2D eigenvalue weighted by Crippen LogP contribution is 2.13. The molecule has 106 valence electrons. The third kappa shape index (κ3) is 6.25. The number of amides is 1. The molecule has 3 N–H and O–H groups in total. The van der Waals surface area contributed by atoms with Crippen molar-refractivity contribution in [3.05, 3.63) is 29.8 Å². The van der Waals surface area contributed by atoms with Crippen LogP contribution in [0.5, 0.6) is 5.75 Å². The first-order valence-electron chi connectivity index (χ1n) is 6.89. The van der Waals surface area contributed by atoms with Crippen LogP contribution in [0.15, 0.2) is 24.3 Å². The summed E-state index contributed by atoms with van der Waals surface area (Å²) in [4.78, 5) is 11.4. The lowest BCUT2D eigenvalue weighted by Gasteiger charge is -2.10. The van der Waals surface area contributed by atoms with E-state index in [1.165, 1.54) is 5.56 Å². The molecule has 0 fully saturated rings. The summed E-state index contributed by atoms with van der Waals surface area (Å²) < 4.78 is 5.41. The number of hydrogen-bond acceptors (Lipinski definition) is 3. The molecular formula is C15H24N2O2. The quantitative estimate of drug-likeness (QED) is 0.753. The van der Waals surface area contributed by atoms with Crippen molar-refractivity contribution in [2.24, 2.45) is 5.73 Å². The smallest absolute Gasteiger partial charge is 0.257 e. The molecule has 1 aromatic rings. The molecule has 0 aliphatic rings. The van der Waals surface area contributed by atoms with E-state index < -0.39 is 0 Å². The summed E-state index contributed by atoms with van der Waals surface area (Å²) in [5.74, 6) is 0.624. The number of nitrogens with one attached hydrogen (secondary N) is 1. The molecule has 0 radical (unpaired) electrons. The number of carbonyl (C=O) groups is 1. The summed E-state index contributed by atoms with van der Waals surface area (Å²) in [6.07, 6.45) is 2.77. The van der Waals surface area contributed by atoms with Crippen LogP contribution in [0.4, 0.5) is 0 Å². The van der Waals surface area contributed by atoms with Gasteiger partial charge in [-0.3, -0.25) is 4.79 Å². The Morgan fingerprint density at radius 1 is 1.32 bits per heavy atom. The fourth-order valence-electron chi connectivity index (χ4n) is 1.63. The zero-order chi connectivity index (χ0) is 14.1. The highest BCUT2D eigenvalue weighted by Gasteiger charge is 2.03. The third-order valence-corrected chi connectivity index (χ3v) is 2.89. The molecule has 1 unspecified atom stereocenters. The van der Waals surface area contributed by atoms with Crippen LogP contribution < -0.4 is 15.8 Å². The number of rotatable bonds is 8. The molecule has 0 saturated carbocycles. The summed E-state index contributed by atoms with van der Waals surface area (Å²) >= 11 is 0. The maximum atomic E-state index is 11.4. The van der Waals surface area contributed by atoms with Crippen LogP contribution in [0.25, 0.3) is 0 Å². The largest absolute Gasteiger partial charge is 0.484 e. The van der Waals surface area contributed by atoms with Gasteiger partial charge in [0.2, 0.25) is 0 Å². The van der Waals surface area contributed by atoms with Gasteiger partial charge in [-0.05, 0) is 37.0 Å². The molecule has 19 heavy (non-hydrogen) atoms. The Labute approximate surface area is 115 Å². The predicted octanol–water partition coefficient (Wildman–Crippen LogP) is 1.87. The van der Waals surface area contributed by atoms with Crippen molar-refractivity contribution in [3.63, 3.8) is 0 Å². The maximum absolute atomic E-state index is 11.4. The van der Waals surface area contributed by atoms with Crippen LogP contribution in [0.2, 0.25) is 0 Å². The molecule has 0 saturated heterocycles. The fourth-order valence-corrected chi connectivity index (χ4v) is 1.63. The highest BCUT2D eigenvalue weighted by molar-refractivity contribution is 5.77. The van der Waals surface area contributed by atoms with Crippen molar-refractivity contribution in [2.45, 2.75) is 39.2 Å². The van der Waals surface area contributed by atoms with E-state index in [1.807, 2.05) is 31.2 Å². The molecule has 1 atom stereocenters. The molecule has 4 nitrogen and oxygen atoms in total. The van der Waals surface area contributed by atoms with Crippen LogP contribution in [0.3, 0.4) is 0 Å². The summed E-state index contributed by atoms with van der Waals surface area (Å²) in [6, 6.07) is 7.95. The van der Waals surface area contributed by atoms with Gasteiger partial charge in [-0.2, -0.15) is 0 Å². The average molecular weight is 264 g/mol. The number of carbonyl (C=O) groups excluding carboxylic acids is 1. The molecule has 0 aliphatic heterocycles. The SMILES string of the molecule is CCCNC(=O)COc1ccc(CC(N)CC)cc1. The van der Waals surface area contributed by atoms with Crippen LogP contribution in [0.1, 0.15) is 32.3 Å². The van der Waals surface area contributed by atoms with Gasteiger partial charge in [-0.1, -0.05) is 26.0 Å². The van der Waals surface area contributed by atoms with Crippen molar-refractivity contribution < 1.29 is 9.53 Å². The van der Waals surface area contributed by atoms with Gasteiger partial charge < -0.3 is 15.8 Å². The number of hydrogen-bond donors (Lipinski definition) is 2. The van der Waals surface area contributed by atoms with E-state index in [1.54, 1.807) is 0 Å². The van der Waals surface area contributed by atoms with Crippen LogP contribution in [0, 0.1) is 0 Å². The van der Waals surface area contributed by atoms with Gasteiger partial charge in [0, 0.05) is 12.6 Å². The first kappa shape index (κ1) is 15.5. The van der Waals surface area contributed by atoms with E-state index in [0.29, 0.717) is 12.3 Å². The van der Waals surface area contributed by atoms with Gasteiger partial charge in [0.05, 0.1) is 0 Å². The topological polar surface area (TPSA) is 64.3 Å². The van der Waals surface area contributed by atoms with E-state index in [4.69, 9.17) is 10.5 Å². The lowest BCUT2D eigenvalue weighted by molar-refractivity contribution is -0.123. The van der Waals surface area contributed by atoms with E-state index in [-0.39, 0.29) is 18.6 Å². The van der Waals surface area contributed by atoms with Crippen LogP contribution in [-0.4, -0.2) is 25.1 Å². The van der Waals surface area contributed by atoms with Crippen molar-refractivity contribution in [1.29, 1.82) is 0 Å². The maximum Gasteiger partial charge on any atom is 0.257 e. The summed E-state index contributed by atoms with van der Waals surface area (Å²) in [5.41, 5.74) is 7.10. The molecule has 1 amide bonds. The summed E-state index contributed by atoms with van der Waals surface area (Å²) in [7, 11) is 0. The van der Waals surface area contributed by atoms with Crippen LogP contribution >= 0.6 is 0 Å². The fraction of sp³-hybridized carbons (Fsp3) is 0.533. The first-order valence-corrected chi connectivity index (χ1v) is 6.89. The molecular weight excluding hydrogens is 240 g/mol. The van der Waals surface area contributed by atoms with E-state index in [9.17, 15) is 4.79 Å². The number of ether oxygens (including phenoxy) is 1. The molecule has 0 spiro atoms. The number of benzene rings is 1.